The van der Waals surface area contributed by atoms with E-state index in [1.165, 1.54) is 6.92 Å². The van der Waals surface area contributed by atoms with Crippen molar-refractivity contribution in [2.75, 3.05) is 6.54 Å². The molecule has 1 aliphatic heterocycles. The van der Waals surface area contributed by atoms with E-state index in [-0.39, 0.29) is 12.5 Å². The largest absolute Gasteiger partial charge is 0.451 e. The summed E-state index contributed by atoms with van der Waals surface area (Å²) in [6.45, 7) is 0.716. The summed E-state index contributed by atoms with van der Waals surface area (Å²) >= 11 is 0. The third kappa shape index (κ3) is 5.22. The molecule has 1 atom stereocenters. The zero-order chi connectivity index (χ0) is 21.7. The number of hydrogen-bond acceptors (Lipinski definition) is 6. The van der Waals surface area contributed by atoms with Crippen molar-refractivity contribution in [3.05, 3.63) is 35.4 Å². The Kier molecular flexibility index (Phi) is 6.81. The maximum absolute atomic E-state index is 12.5. The summed E-state index contributed by atoms with van der Waals surface area (Å²) in [5.41, 5.74) is 0.962. The molecule has 1 fully saturated rings. The number of carbonyl (C=O) groups excluding carboxylic acids is 5. The molecule has 9 heteroatoms. The minimum atomic E-state index is -1.25. The van der Waals surface area contributed by atoms with Crippen LogP contribution < -0.4 is 10.6 Å². The fourth-order valence-corrected chi connectivity index (χ4v) is 3.66. The fraction of sp³-hybridized carbons (Fsp3) is 0.476. The van der Waals surface area contributed by atoms with Crippen LogP contribution in [0.3, 0.4) is 0 Å². The first-order valence-electron chi connectivity index (χ1n) is 10.1. The summed E-state index contributed by atoms with van der Waals surface area (Å²) in [7, 11) is 0. The van der Waals surface area contributed by atoms with Crippen LogP contribution in [0.4, 0.5) is 4.79 Å². The van der Waals surface area contributed by atoms with Gasteiger partial charge < -0.3 is 10.1 Å². The molecule has 160 valence electrons. The van der Waals surface area contributed by atoms with Gasteiger partial charge >= 0.3 is 12.0 Å². The van der Waals surface area contributed by atoms with Crippen LogP contribution in [0.5, 0.6) is 0 Å². The second kappa shape index (κ2) is 9.51. The number of nitrogens with zero attached hydrogens (tertiary/aromatic N) is 1. The Labute approximate surface area is 174 Å². The van der Waals surface area contributed by atoms with Crippen molar-refractivity contribution in [1.29, 1.82) is 0 Å². The van der Waals surface area contributed by atoms with E-state index in [2.05, 4.69) is 10.6 Å². The van der Waals surface area contributed by atoms with Crippen molar-refractivity contribution in [3.63, 3.8) is 0 Å². The molecular formula is C21H25N3O6. The second-order valence-electron chi connectivity index (χ2n) is 7.55. The fourth-order valence-electron chi connectivity index (χ4n) is 3.66. The number of rotatable bonds is 5. The summed E-state index contributed by atoms with van der Waals surface area (Å²) in [4.78, 5) is 61.8. The van der Waals surface area contributed by atoms with Crippen LogP contribution in [-0.2, 0) is 25.5 Å². The number of imide groups is 2. The van der Waals surface area contributed by atoms with Crippen LogP contribution in [0.15, 0.2) is 24.3 Å². The Bertz CT molecular complexity index is 862. The van der Waals surface area contributed by atoms with E-state index in [0.717, 1.165) is 37.0 Å². The highest BCUT2D eigenvalue weighted by molar-refractivity contribution is 6.11. The quantitative estimate of drug-likeness (QED) is 0.552. The van der Waals surface area contributed by atoms with Crippen molar-refractivity contribution < 1.29 is 28.7 Å². The molecule has 1 saturated carbocycles. The number of benzene rings is 1. The Morgan fingerprint density at radius 3 is 2.57 bits per heavy atom. The highest BCUT2D eigenvalue weighted by Gasteiger charge is 2.33. The van der Waals surface area contributed by atoms with E-state index in [9.17, 15) is 24.0 Å². The minimum absolute atomic E-state index is 0.00652. The number of ether oxygens (including phenoxy) is 1. The van der Waals surface area contributed by atoms with Gasteiger partial charge in [-0.1, -0.05) is 37.5 Å². The summed E-state index contributed by atoms with van der Waals surface area (Å²) in [5, 5.41) is 4.89. The number of hydrogen-bond donors (Lipinski definition) is 2. The first kappa shape index (κ1) is 21.5. The van der Waals surface area contributed by atoms with Crippen LogP contribution in [0.25, 0.3) is 0 Å². The molecule has 1 aromatic carbocycles. The molecule has 0 spiro atoms. The predicted octanol–water partition coefficient (Wildman–Crippen LogP) is 1.30. The van der Waals surface area contributed by atoms with Gasteiger partial charge in [0.25, 0.3) is 11.8 Å². The van der Waals surface area contributed by atoms with Gasteiger partial charge in [-0.25, -0.2) is 4.79 Å². The van der Waals surface area contributed by atoms with E-state index in [0.29, 0.717) is 11.1 Å². The van der Waals surface area contributed by atoms with Crippen molar-refractivity contribution in [1.82, 2.24) is 15.5 Å². The molecule has 0 aromatic heterocycles. The predicted molar refractivity (Wildman–Crippen MR) is 105 cm³/mol. The molecule has 0 saturated heterocycles. The Morgan fingerprint density at radius 1 is 1.13 bits per heavy atom. The molecule has 2 aliphatic rings. The van der Waals surface area contributed by atoms with E-state index >= 15 is 0 Å². The van der Waals surface area contributed by atoms with Crippen molar-refractivity contribution >= 4 is 29.7 Å². The Morgan fingerprint density at radius 2 is 1.83 bits per heavy atom. The van der Waals surface area contributed by atoms with Gasteiger partial charge in [0, 0.05) is 11.6 Å². The summed E-state index contributed by atoms with van der Waals surface area (Å²) in [6, 6.07) is 6.08. The molecule has 0 bridgehead atoms. The highest BCUT2D eigenvalue weighted by atomic mass is 16.5. The zero-order valence-corrected chi connectivity index (χ0v) is 16.8. The van der Waals surface area contributed by atoms with Gasteiger partial charge in [-0.05, 0) is 31.4 Å². The number of carbonyl (C=O) groups is 5. The maximum Gasteiger partial charge on any atom is 0.326 e. The van der Waals surface area contributed by atoms with Gasteiger partial charge in [-0.15, -0.1) is 0 Å². The maximum atomic E-state index is 12.5. The molecule has 1 aromatic rings. The molecule has 0 radical (unpaired) electrons. The van der Waals surface area contributed by atoms with E-state index in [1.54, 1.807) is 24.3 Å². The van der Waals surface area contributed by atoms with Crippen LogP contribution in [0.1, 0.15) is 54.9 Å². The van der Waals surface area contributed by atoms with Gasteiger partial charge in [0.2, 0.25) is 5.91 Å². The molecule has 1 heterocycles. The molecule has 9 nitrogen and oxygen atoms in total. The normalized spacial score (nSPS) is 17.7. The molecule has 5 amide bonds. The van der Waals surface area contributed by atoms with Crippen LogP contribution in [0.2, 0.25) is 0 Å². The van der Waals surface area contributed by atoms with Crippen LogP contribution in [0, 0.1) is 0 Å². The van der Waals surface area contributed by atoms with Gasteiger partial charge in [-0.2, -0.15) is 0 Å². The lowest BCUT2D eigenvalue weighted by Gasteiger charge is -2.26. The van der Waals surface area contributed by atoms with Gasteiger partial charge in [-0.3, -0.25) is 29.4 Å². The highest BCUT2D eigenvalue weighted by Crippen LogP contribution is 2.19. The van der Waals surface area contributed by atoms with Gasteiger partial charge in [0.1, 0.15) is 6.54 Å². The van der Waals surface area contributed by atoms with E-state index < -0.39 is 42.4 Å². The van der Waals surface area contributed by atoms with Crippen molar-refractivity contribution in [2.24, 2.45) is 0 Å². The summed E-state index contributed by atoms with van der Waals surface area (Å²) in [6.07, 6.45) is 3.69. The number of esters is 1. The molecular weight excluding hydrogens is 390 g/mol. The second-order valence-corrected chi connectivity index (χ2v) is 7.55. The average molecular weight is 415 g/mol. The van der Waals surface area contributed by atoms with Crippen molar-refractivity contribution in [2.45, 2.75) is 57.6 Å². The molecule has 2 N–H and O–H groups in total. The van der Waals surface area contributed by atoms with E-state index in [4.69, 9.17) is 4.74 Å². The minimum Gasteiger partial charge on any atom is -0.451 e. The van der Waals surface area contributed by atoms with Gasteiger partial charge in [0.05, 0.1) is 6.42 Å². The van der Waals surface area contributed by atoms with Crippen molar-refractivity contribution in [3.8, 4) is 0 Å². The lowest BCUT2D eigenvalue weighted by molar-refractivity contribution is -0.156. The van der Waals surface area contributed by atoms with E-state index in [1.807, 2.05) is 0 Å². The number of fused-ring (bicyclic) bond motifs is 1. The van der Waals surface area contributed by atoms with Crippen LogP contribution >= 0.6 is 0 Å². The number of amides is 5. The Balaban J connectivity index is 1.49. The number of urea groups is 1. The molecule has 3 rings (SSSR count). The van der Waals surface area contributed by atoms with Crippen LogP contribution in [-0.4, -0.2) is 53.3 Å². The monoisotopic (exact) mass is 415 g/mol. The number of nitrogens with one attached hydrogen (secondary N) is 2. The zero-order valence-electron chi connectivity index (χ0n) is 16.8. The average Bonchev–Trinajstić information content (AvgIpc) is 2.71. The standard InChI is InChI=1S/C21H25N3O6/c1-13(19(27)23-21(29)22-15-8-3-2-4-9-15)30-18(26)12-24-17(25)11-14-7-5-6-10-16(14)20(24)28/h5-7,10,13,15H,2-4,8-9,11-12H2,1H3,(H2,22,23,27,29)/t13-/m0/s1. The third-order valence-electron chi connectivity index (χ3n) is 5.28. The lowest BCUT2D eigenvalue weighted by atomic mass is 9.96. The lowest BCUT2D eigenvalue weighted by Crippen LogP contribution is -2.49. The summed E-state index contributed by atoms with van der Waals surface area (Å²) in [5.74, 6) is -2.79. The molecule has 30 heavy (non-hydrogen) atoms. The molecule has 0 unspecified atom stereocenters. The SMILES string of the molecule is C[C@H](OC(=O)CN1C(=O)Cc2ccccc2C1=O)C(=O)NC(=O)NC1CCCCC1. The summed E-state index contributed by atoms with van der Waals surface area (Å²) < 4.78 is 5.01. The first-order chi connectivity index (χ1) is 14.3. The smallest absolute Gasteiger partial charge is 0.326 e. The third-order valence-corrected chi connectivity index (χ3v) is 5.28. The Hall–Kier alpha value is -3.23. The topological polar surface area (TPSA) is 122 Å². The first-order valence-corrected chi connectivity index (χ1v) is 10.1. The molecule has 1 aliphatic carbocycles. The van der Waals surface area contributed by atoms with Gasteiger partial charge in [0.15, 0.2) is 6.10 Å².